The Kier molecular flexibility index (Phi) is 5.80. The van der Waals surface area contributed by atoms with Crippen LogP contribution in [-0.2, 0) is 9.59 Å². The highest BCUT2D eigenvalue weighted by Gasteiger charge is 2.34. The fraction of sp³-hybridized carbons (Fsp3) is 0.524. The molecule has 0 spiro atoms. The summed E-state index contributed by atoms with van der Waals surface area (Å²) in [5.74, 6) is -1.27. The molecule has 0 bridgehead atoms. The van der Waals surface area contributed by atoms with Crippen molar-refractivity contribution >= 4 is 11.8 Å². The first-order chi connectivity index (χ1) is 14.4. The summed E-state index contributed by atoms with van der Waals surface area (Å²) in [6.07, 6.45) is 6.11. The average Bonchev–Trinajstić information content (AvgIpc) is 3.48. The van der Waals surface area contributed by atoms with Crippen LogP contribution in [0.5, 0.6) is 0 Å². The Labute approximate surface area is 173 Å². The van der Waals surface area contributed by atoms with Crippen molar-refractivity contribution in [1.29, 1.82) is 0 Å². The fourth-order valence-corrected chi connectivity index (χ4v) is 4.09. The lowest BCUT2D eigenvalue weighted by molar-refractivity contribution is -0.131. The summed E-state index contributed by atoms with van der Waals surface area (Å²) in [5.41, 5.74) is 6.51. The predicted octanol–water partition coefficient (Wildman–Crippen LogP) is 1.93. The van der Waals surface area contributed by atoms with Gasteiger partial charge in [0, 0.05) is 5.92 Å². The molecular formula is C21H26FN5O3. The molecule has 1 aromatic carbocycles. The van der Waals surface area contributed by atoms with Gasteiger partial charge in [-0.2, -0.15) is 0 Å². The fourth-order valence-electron chi connectivity index (χ4n) is 4.09. The van der Waals surface area contributed by atoms with Crippen LogP contribution in [0.15, 0.2) is 30.5 Å². The first kappa shape index (κ1) is 20.5. The number of nitrogens with zero attached hydrogens (tertiary/aromatic N) is 3. The lowest BCUT2D eigenvalue weighted by Crippen LogP contribution is -2.41. The molecule has 4 N–H and O–H groups in total. The molecule has 8 nitrogen and oxygen atoms in total. The standard InChI is InChI=1S/C21H26FN5O3/c22-15-7-3-12(4-8-15)18(20(23)29)24-21(30)14-5-9-16(10-6-14)27-11-17(25-26-27)19(28)13-1-2-13/h3-4,7-8,11,13-14,16,18-19,28H,1-2,5-6,9-10H2,(H2,23,29)(H,24,30)/t14?,16?,18?,19-/m1/s1. The Morgan fingerprint density at radius 1 is 1.13 bits per heavy atom. The van der Waals surface area contributed by atoms with Crippen molar-refractivity contribution in [2.45, 2.75) is 56.7 Å². The summed E-state index contributed by atoms with van der Waals surface area (Å²) in [6.45, 7) is 0. The second-order valence-corrected chi connectivity index (χ2v) is 8.31. The van der Waals surface area contributed by atoms with Crippen LogP contribution in [-0.4, -0.2) is 31.9 Å². The first-order valence-corrected chi connectivity index (χ1v) is 10.4. The van der Waals surface area contributed by atoms with E-state index in [1.54, 1.807) is 4.68 Å². The Hall–Kier alpha value is -2.81. The molecule has 2 atom stereocenters. The maximum Gasteiger partial charge on any atom is 0.244 e. The van der Waals surface area contributed by atoms with Gasteiger partial charge in [0.1, 0.15) is 23.7 Å². The molecule has 2 aromatic rings. The number of hydrogen-bond donors (Lipinski definition) is 3. The number of aliphatic hydroxyl groups excluding tert-OH is 1. The molecule has 2 amide bonds. The lowest BCUT2D eigenvalue weighted by atomic mass is 9.85. The van der Waals surface area contributed by atoms with Gasteiger partial charge >= 0.3 is 0 Å². The van der Waals surface area contributed by atoms with Gasteiger partial charge in [0.25, 0.3) is 0 Å². The van der Waals surface area contributed by atoms with Crippen LogP contribution in [0.2, 0.25) is 0 Å². The van der Waals surface area contributed by atoms with E-state index < -0.39 is 23.9 Å². The molecule has 2 aliphatic carbocycles. The van der Waals surface area contributed by atoms with Crippen LogP contribution >= 0.6 is 0 Å². The van der Waals surface area contributed by atoms with Crippen molar-refractivity contribution in [2.75, 3.05) is 0 Å². The van der Waals surface area contributed by atoms with Gasteiger partial charge in [-0.25, -0.2) is 9.07 Å². The summed E-state index contributed by atoms with van der Waals surface area (Å²) >= 11 is 0. The summed E-state index contributed by atoms with van der Waals surface area (Å²) in [7, 11) is 0. The summed E-state index contributed by atoms with van der Waals surface area (Å²) in [6, 6.07) is 4.49. The lowest BCUT2D eigenvalue weighted by Gasteiger charge is -2.28. The Morgan fingerprint density at radius 2 is 1.80 bits per heavy atom. The maximum absolute atomic E-state index is 13.1. The summed E-state index contributed by atoms with van der Waals surface area (Å²) in [4.78, 5) is 24.5. The van der Waals surface area contributed by atoms with E-state index in [2.05, 4.69) is 15.6 Å². The zero-order valence-corrected chi connectivity index (χ0v) is 16.6. The van der Waals surface area contributed by atoms with E-state index in [1.807, 2.05) is 6.20 Å². The van der Waals surface area contributed by atoms with Crippen LogP contribution < -0.4 is 11.1 Å². The van der Waals surface area contributed by atoms with Crippen molar-refractivity contribution < 1.29 is 19.1 Å². The SMILES string of the molecule is NC(=O)C(NC(=O)C1CCC(n2cc([C@H](O)C3CC3)nn2)CC1)c1ccc(F)cc1. The monoisotopic (exact) mass is 415 g/mol. The Balaban J connectivity index is 1.33. The number of halogens is 1. The second kappa shape index (κ2) is 8.51. The smallest absolute Gasteiger partial charge is 0.244 e. The van der Waals surface area contributed by atoms with Crippen LogP contribution in [0.4, 0.5) is 4.39 Å². The van der Waals surface area contributed by atoms with Crippen LogP contribution in [0.25, 0.3) is 0 Å². The summed E-state index contributed by atoms with van der Waals surface area (Å²) < 4.78 is 14.9. The minimum absolute atomic E-state index is 0.130. The van der Waals surface area contributed by atoms with Crippen molar-refractivity contribution in [3.05, 3.63) is 47.5 Å². The van der Waals surface area contributed by atoms with Gasteiger partial charge in [-0.3, -0.25) is 9.59 Å². The minimum atomic E-state index is -0.988. The number of benzene rings is 1. The molecule has 160 valence electrons. The van der Waals surface area contributed by atoms with Crippen molar-refractivity contribution in [2.24, 2.45) is 17.6 Å². The van der Waals surface area contributed by atoms with Crippen LogP contribution in [0, 0.1) is 17.7 Å². The van der Waals surface area contributed by atoms with Gasteiger partial charge in [0.15, 0.2) is 0 Å². The number of carbonyl (C=O) groups is 2. The first-order valence-electron chi connectivity index (χ1n) is 10.4. The zero-order valence-electron chi connectivity index (χ0n) is 16.6. The quantitative estimate of drug-likeness (QED) is 0.638. The topological polar surface area (TPSA) is 123 Å². The third kappa shape index (κ3) is 4.51. The van der Waals surface area contributed by atoms with E-state index in [9.17, 15) is 19.1 Å². The van der Waals surface area contributed by atoms with Gasteiger partial charge in [0.2, 0.25) is 11.8 Å². The third-order valence-corrected chi connectivity index (χ3v) is 6.12. The van der Waals surface area contributed by atoms with Gasteiger partial charge in [-0.15, -0.1) is 5.10 Å². The molecule has 0 aliphatic heterocycles. The average molecular weight is 415 g/mol. The summed E-state index contributed by atoms with van der Waals surface area (Å²) in [5, 5.41) is 21.2. The van der Waals surface area contributed by atoms with Gasteiger partial charge in [-0.1, -0.05) is 17.3 Å². The third-order valence-electron chi connectivity index (χ3n) is 6.12. The number of amides is 2. The molecule has 9 heteroatoms. The number of carbonyl (C=O) groups excluding carboxylic acids is 2. The molecule has 1 unspecified atom stereocenters. The molecule has 4 rings (SSSR count). The number of hydrogen-bond acceptors (Lipinski definition) is 5. The van der Waals surface area contributed by atoms with E-state index in [4.69, 9.17) is 5.73 Å². The van der Waals surface area contributed by atoms with E-state index >= 15 is 0 Å². The van der Waals surface area contributed by atoms with E-state index in [0.29, 0.717) is 30.0 Å². The van der Waals surface area contributed by atoms with Crippen molar-refractivity contribution in [1.82, 2.24) is 20.3 Å². The highest BCUT2D eigenvalue weighted by molar-refractivity contribution is 5.88. The number of aliphatic hydroxyl groups is 1. The van der Waals surface area contributed by atoms with E-state index in [-0.39, 0.29) is 17.9 Å². The molecule has 0 radical (unpaired) electrons. The molecule has 30 heavy (non-hydrogen) atoms. The number of nitrogens with one attached hydrogen (secondary N) is 1. The molecule has 1 aromatic heterocycles. The number of primary amides is 1. The van der Waals surface area contributed by atoms with E-state index in [0.717, 1.165) is 25.7 Å². The van der Waals surface area contributed by atoms with Crippen LogP contribution in [0.3, 0.4) is 0 Å². The number of rotatable bonds is 7. The Morgan fingerprint density at radius 3 is 2.40 bits per heavy atom. The van der Waals surface area contributed by atoms with E-state index in [1.165, 1.54) is 24.3 Å². The zero-order chi connectivity index (χ0) is 21.3. The highest BCUT2D eigenvalue weighted by Crippen LogP contribution is 2.40. The maximum atomic E-state index is 13.1. The molecule has 0 saturated heterocycles. The number of aromatic nitrogens is 3. The van der Waals surface area contributed by atoms with Crippen LogP contribution in [0.1, 0.15) is 68.0 Å². The van der Waals surface area contributed by atoms with Gasteiger partial charge < -0.3 is 16.2 Å². The molecule has 2 aliphatic rings. The largest absolute Gasteiger partial charge is 0.386 e. The van der Waals surface area contributed by atoms with Gasteiger partial charge in [-0.05, 0) is 62.1 Å². The molecule has 2 fully saturated rings. The molecule has 1 heterocycles. The van der Waals surface area contributed by atoms with Gasteiger partial charge in [0.05, 0.1) is 12.2 Å². The predicted molar refractivity (Wildman–Crippen MR) is 105 cm³/mol. The molecule has 2 saturated carbocycles. The van der Waals surface area contributed by atoms with Crippen molar-refractivity contribution in [3.8, 4) is 0 Å². The highest BCUT2D eigenvalue weighted by atomic mass is 19.1. The number of nitrogens with two attached hydrogens (primary N) is 1. The minimum Gasteiger partial charge on any atom is -0.386 e. The molecular weight excluding hydrogens is 389 g/mol. The normalized spacial score (nSPS) is 23.5. The second-order valence-electron chi connectivity index (χ2n) is 8.31. The Bertz CT molecular complexity index is 904. The van der Waals surface area contributed by atoms with Crippen molar-refractivity contribution in [3.63, 3.8) is 0 Å².